The third kappa shape index (κ3) is 3.34. The van der Waals surface area contributed by atoms with Gasteiger partial charge >= 0.3 is 0 Å². The lowest BCUT2D eigenvalue weighted by Crippen LogP contribution is -2.36. The van der Waals surface area contributed by atoms with Crippen molar-refractivity contribution in [2.24, 2.45) is 5.41 Å². The van der Waals surface area contributed by atoms with E-state index in [1.165, 1.54) is 16.8 Å². The van der Waals surface area contributed by atoms with Crippen LogP contribution in [0.3, 0.4) is 0 Å². The molecule has 0 amide bonds. The van der Waals surface area contributed by atoms with Gasteiger partial charge in [0.05, 0.1) is 0 Å². The van der Waals surface area contributed by atoms with Crippen LogP contribution in [0.4, 0.5) is 5.69 Å². The predicted molar refractivity (Wildman–Crippen MR) is 78.3 cm³/mol. The van der Waals surface area contributed by atoms with Gasteiger partial charge in [-0.15, -0.1) is 0 Å². The van der Waals surface area contributed by atoms with Crippen molar-refractivity contribution in [1.82, 2.24) is 0 Å². The molecular formula is C16H25NO. The van der Waals surface area contributed by atoms with Gasteiger partial charge in [0.1, 0.15) is 6.29 Å². The maximum atomic E-state index is 11.4. The summed E-state index contributed by atoms with van der Waals surface area (Å²) in [6.45, 7) is 9.18. The van der Waals surface area contributed by atoms with Gasteiger partial charge in [0.15, 0.2) is 0 Å². The maximum Gasteiger partial charge on any atom is 0.127 e. The van der Waals surface area contributed by atoms with Crippen LogP contribution in [-0.4, -0.2) is 19.9 Å². The molecule has 0 saturated heterocycles. The third-order valence-corrected chi connectivity index (χ3v) is 3.86. The standard InChI is InChI=1S/C16H25NO/c1-6-16(7-2,12-18)11-17(5)15-9-13(3)8-14(4)10-15/h8-10,12H,6-7,11H2,1-5H3. The molecule has 100 valence electrons. The molecule has 1 aromatic rings. The molecule has 0 bridgehead atoms. The van der Waals surface area contributed by atoms with Crippen molar-refractivity contribution in [2.75, 3.05) is 18.5 Å². The van der Waals surface area contributed by atoms with E-state index in [1.807, 2.05) is 0 Å². The summed E-state index contributed by atoms with van der Waals surface area (Å²) < 4.78 is 0. The second-order valence-electron chi connectivity index (χ2n) is 5.39. The lowest BCUT2D eigenvalue weighted by atomic mass is 9.83. The highest BCUT2D eigenvalue weighted by molar-refractivity contribution is 5.61. The quantitative estimate of drug-likeness (QED) is 0.714. The van der Waals surface area contributed by atoms with Gasteiger partial charge in [-0.1, -0.05) is 19.9 Å². The minimum Gasteiger partial charge on any atom is -0.374 e. The van der Waals surface area contributed by atoms with Crippen LogP contribution in [0.1, 0.15) is 37.8 Å². The number of carbonyl (C=O) groups is 1. The zero-order chi connectivity index (χ0) is 13.8. The fourth-order valence-corrected chi connectivity index (χ4v) is 2.41. The zero-order valence-corrected chi connectivity index (χ0v) is 12.3. The summed E-state index contributed by atoms with van der Waals surface area (Å²) in [7, 11) is 2.07. The van der Waals surface area contributed by atoms with Crippen LogP contribution in [0.15, 0.2) is 18.2 Å². The first-order valence-electron chi connectivity index (χ1n) is 6.72. The normalized spacial score (nSPS) is 11.4. The molecule has 0 heterocycles. The topological polar surface area (TPSA) is 20.3 Å². The number of nitrogens with zero attached hydrogens (tertiary/aromatic N) is 1. The number of carbonyl (C=O) groups excluding carboxylic acids is 1. The minimum atomic E-state index is -0.216. The molecule has 2 heteroatoms. The molecule has 0 N–H and O–H groups in total. The SMILES string of the molecule is CCC(C=O)(CC)CN(C)c1cc(C)cc(C)c1. The van der Waals surface area contributed by atoms with E-state index in [9.17, 15) is 4.79 Å². The van der Waals surface area contributed by atoms with Crippen molar-refractivity contribution in [1.29, 1.82) is 0 Å². The summed E-state index contributed by atoms with van der Waals surface area (Å²) in [6, 6.07) is 6.52. The largest absolute Gasteiger partial charge is 0.374 e. The Balaban J connectivity index is 2.93. The molecule has 0 aromatic heterocycles. The smallest absolute Gasteiger partial charge is 0.127 e. The molecule has 1 rings (SSSR count). The number of benzene rings is 1. The molecule has 0 fully saturated rings. The van der Waals surface area contributed by atoms with Gasteiger partial charge in [-0.3, -0.25) is 0 Å². The van der Waals surface area contributed by atoms with Crippen LogP contribution in [0.2, 0.25) is 0 Å². The fourth-order valence-electron chi connectivity index (χ4n) is 2.41. The van der Waals surface area contributed by atoms with Crippen LogP contribution in [0, 0.1) is 19.3 Å². The van der Waals surface area contributed by atoms with Gasteiger partial charge in [0, 0.05) is 24.7 Å². The van der Waals surface area contributed by atoms with Crippen molar-refractivity contribution < 1.29 is 4.79 Å². The molecule has 0 radical (unpaired) electrons. The van der Waals surface area contributed by atoms with Crippen molar-refractivity contribution in [3.05, 3.63) is 29.3 Å². The summed E-state index contributed by atoms with van der Waals surface area (Å²) in [5, 5.41) is 0. The first-order valence-corrected chi connectivity index (χ1v) is 6.72. The fraction of sp³-hybridized carbons (Fsp3) is 0.562. The second-order valence-corrected chi connectivity index (χ2v) is 5.39. The van der Waals surface area contributed by atoms with E-state index in [2.05, 4.69) is 57.8 Å². The molecule has 1 aromatic carbocycles. The minimum absolute atomic E-state index is 0.216. The number of aldehydes is 1. The van der Waals surface area contributed by atoms with Gasteiger partial charge in [0.2, 0.25) is 0 Å². The molecular weight excluding hydrogens is 222 g/mol. The average molecular weight is 247 g/mol. The maximum absolute atomic E-state index is 11.4. The molecule has 18 heavy (non-hydrogen) atoms. The van der Waals surface area contributed by atoms with Crippen molar-refractivity contribution in [3.8, 4) is 0 Å². The van der Waals surface area contributed by atoms with Crippen molar-refractivity contribution >= 4 is 12.0 Å². The Morgan fingerprint density at radius 1 is 1.11 bits per heavy atom. The molecule has 0 aliphatic rings. The van der Waals surface area contributed by atoms with Gasteiger partial charge in [-0.25, -0.2) is 0 Å². The number of aryl methyl sites for hydroxylation is 2. The van der Waals surface area contributed by atoms with E-state index in [1.54, 1.807) is 0 Å². The number of anilines is 1. The summed E-state index contributed by atoms with van der Waals surface area (Å²) in [5.41, 5.74) is 3.51. The number of hydrogen-bond donors (Lipinski definition) is 0. The average Bonchev–Trinajstić information content (AvgIpc) is 2.35. The Hall–Kier alpha value is -1.31. The van der Waals surface area contributed by atoms with Crippen LogP contribution in [0.5, 0.6) is 0 Å². The highest BCUT2D eigenvalue weighted by Crippen LogP contribution is 2.27. The van der Waals surface area contributed by atoms with Gasteiger partial charge in [-0.05, 0) is 49.9 Å². The lowest BCUT2D eigenvalue weighted by Gasteiger charge is -2.32. The summed E-state index contributed by atoms with van der Waals surface area (Å²) in [6.07, 6.45) is 2.91. The molecule has 0 saturated carbocycles. The van der Waals surface area contributed by atoms with E-state index >= 15 is 0 Å². The third-order valence-electron chi connectivity index (χ3n) is 3.86. The number of rotatable bonds is 6. The highest BCUT2D eigenvalue weighted by atomic mass is 16.1. The van der Waals surface area contributed by atoms with Crippen molar-refractivity contribution in [2.45, 2.75) is 40.5 Å². The van der Waals surface area contributed by atoms with Crippen molar-refractivity contribution in [3.63, 3.8) is 0 Å². The van der Waals surface area contributed by atoms with Gasteiger partial charge < -0.3 is 9.69 Å². The Morgan fingerprint density at radius 3 is 2.00 bits per heavy atom. The van der Waals surface area contributed by atoms with Gasteiger partial charge in [-0.2, -0.15) is 0 Å². The van der Waals surface area contributed by atoms with E-state index < -0.39 is 0 Å². The molecule has 0 aliphatic carbocycles. The van der Waals surface area contributed by atoms with E-state index in [0.29, 0.717) is 0 Å². The summed E-state index contributed by atoms with van der Waals surface area (Å²) >= 11 is 0. The molecule has 0 unspecified atom stereocenters. The Kier molecular flexibility index (Phi) is 4.94. The van der Waals surface area contributed by atoms with Crippen LogP contribution >= 0.6 is 0 Å². The first-order chi connectivity index (χ1) is 8.46. The second kappa shape index (κ2) is 6.03. The molecule has 0 spiro atoms. The molecule has 0 atom stereocenters. The predicted octanol–water partition coefficient (Wildman–Crippen LogP) is 3.74. The van der Waals surface area contributed by atoms with E-state index in [4.69, 9.17) is 0 Å². The summed E-state index contributed by atoms with van der Waals surface area (Å²) in [5.74, 6) is 0. The molecule has 2 nitrogen and oxygen atoms in total. The zero-order valence-electron chi connectivity index (χ0n) is 12.3. The summed E-state index contributed by atoms with van der Waals surface area (Å²) in [4.78, 5) is 13.6. The van der Waals surface area contributed by atoms with Crippen LogP contribution in [0.25, 0.3) is 0 Å². The monoisotopic (exact) mass is 247 g/mol. The lowest BCUT2D eigenvalue weighted by molar-refractivity contribution is -0.116. The van der Waals surface area contributed by atoms with E-state index in [-0.39, 0.29) is 5.41 Å². The van der Waals surface area contributed by atoms with Crippen LogP contribution in [-0.2, 0) is 4.79 Å². The first kappa shape index (κ1) is 14.7. The van der Waals surface area contributed by atoms with E-state index in [0.717, 1.165) is 25.7 Å². The molecule has 0 aliphatic heterocycles. The number of hydrogen-bond acceptors (Lipinski definition) is 2. The Morgan fingerprint density at radius 2 is 1.61 bits per heavy atom. The Labute approximate surface area is 111 Å². The van der Waals surface area contributed by atoms with Gasteiger partial charge in [0.25, 0.3) is 0 Å². The highest BCUT2D eigenvalue weighted by Gasteiger charge is 2.27. The Bertz CT molecular complexity index is 387. The van der Waals surface area contributed by atoms with Crippen LogP contribution < -0.4 is 4.90 Å².